The molecule has 8 heteroatoms. The van der Waals surface area contributed by atoms with Crippen molar-refractivity contribution in [1.82, 2.24) is 14.4 Å². The Morgan fingerprint density at radius 2 is 1.93 bits per heavy atom. The fraction of sp³-hybridized carbons (Fsp3) is 0.700. The van der Waals surface area contributed by atoms with Crippen LogP contribution in [0.1, 0.15) is 31.4 Å². The fourth-order valence-electron chi connectivity index (χ4n) is 4.13. The van der Waals surface area contributed by atoms with Crippen molar-refractivity contribution in [2.45, 2.75) is 44.8 Å². The second kappa shape index (κ2) is 9.07. The van der Waals surface area contributed by atoms with Crippen LogP contribution in [0.25, 0.3) is 0 Å². The van der Waals surface area contributed by atoms with Crippen LogP contribution >= 0.6 is 0 Å². The first-order chi connectivity index (χ1) is 13.4. The normalized spacial score (nSPS) is 24.1. The Kier molecular flexibility index (Phi) is 6.74. The van der Waals surface area contributed by atoms with Crippen LogP contribution in [-0.4, -0.2) is 82.0 Å². The maximum Gasteiger partial charge on any atom is 0.254 e. The van der Waals surface area contributed by atoms with Crippen molar-refractivity contribution < 1.29 is 19.7 Å². The van der Waals surface area contributed by atoms with E-state index >= 15 is 0 Å². The fourth-order valence-corrected chi connectivity index (χ4v) is 4.13. The molecule has 2 aliphatic heterocycles. The van der Waals surface area contributed by atoms with E-state index in [9.17, 15) is 19.8 Å². The number of hydrogen-bond donors (Lipinski definition) is 2. The van der Waals surface area contributed by atoms with Gasteiger partial charge in [0, 0.05) is 57.4 Å². The van der Waals surface area contributed by atoms with Gasteiger partial charge in [-0.3, -0.25) is 14.5 Å². The average Bonchev–Trinajstić information content (AvgIpc) is 2.83. The van der Waals surface area contributed by atoms with E-state index in [0.717, 1.165) is 25.6 Å². The number of pyridine rings is 1. The van der Waals surface area contributed by atoms with Gasteiger partial charge in [-0.05, 0) is 32.3 Å². The van der Waals surface area contributed by atoms with Gasteiger partial charge in [-0.2, -0.15) is 0 Å². The number of amides is 1. The van der Waals surface area contributed by atoms with Gasteiger partial charge in [0.1, 0.15) is 5.75 Å². The number of ether oxygens (including phenoxy) is 1. The first kappa shape index (κ1) is 20.8. The summed E-state index contributed by atoms with van der Waals surface area (Å²) in [5.74, 6) is -0.0628. The lowest BCUT2D eigenvalue weighted by Gasteiger charge is -2.35. The molecule has 2 saturated heterocycles. The number of likely N-dealkylation sites (tertiary alicyclic amines) is 1. The topological polar surface area (TPSA) is 95.2 Å². The van der Waals surface area contributed by atoms with Gasteiger partial charge < -0.3 is 24.4 Å². The Morgan fingerprint density at radius 1 is 1.18 bits per heavy atom. The van der Waals surface area contributed by atoms with E-state index in [1.165, 1.54) is 10.6 Å². The van der Waals surface area contributed by atoms with Crippen molar-refractivity contribution >= 4 is 5.91 Å². The number of aliphatic hydroxyl groups is 1. The Labute approximate surface area is 165 Å². The zero-order valence-electron chi connectivity index (χ0n) is 16.6. The van der Waals surface area contributed by atoms with Crippen molar-refractivity contribution in [3.63, 3.8) is 0 Å². The largest absolute Gasteiger partial charge is 0.508 e. The minimum absolute atomic E-state index is 0.00463. The highest BCUT2D eigenvalue weighted by atomic mass is 16.5. The van der Waals surface area contributed by atoms with E-state index in [1.54, 1.807) is 11.8 Å². The van der Waals surface area contributed by atoms with Gasteiger partial charge in [0.05, 0.1) is 18.8 Å². The van der Waals surface area contributed by atoms with Crippen molar-refractivity contribution in [2.75, 3.05) is 45.9 Å². The molecular formula is C20H31N3O5. The van der Waals surface area contributed by atoms with E-state index in [-0.39, 0.29) is 23.6 Å². The van der Waals surface area contributed by atoms with Gasteiger partial charge in [0.25, 0.3) is 5.56 Å². The Balaban J connectivity index is 1.53. The predicted molar refractivity (Wildman–Crippen MR) is 104 cm³/mol. The standard InChI is InChI=1S/C20H31N3O5/c1-16-13-17(24)14-19(26)23(16)7-3-18(25)22-6-2-4-20(27,5-8-22)15-21-9-11-28-12-10-21/h13-14,24,27H,2-12,15H2,1H3/t20-/m1/s1. The zero-order chi connectivity index (χ0) is 20.1. The minimum Gasteiger partial charge on any atom is -0.508 e. The van der Waals surface area contributed by atoms with Crippen LogP contribution in [0.4, 0.5) is 0 Å². The van der Waals surface area contributed by atoms with Crippen LogP contribution in [-0.2, 0) is 16.1 Å². The van der Waals surface area contributed by atoms with Gasteiger partial charge in [0.2, 0.25) is 5.91 Å². The van der Waals surface area contributed by atoms with Crippen LogP contribution < -0.4 is 5.56 Å². The number of rotatable bonds is 5. The molecule has 1 atom stereocenters. The molecule has 2 aliphatic rings. The predicted octanol–water partition coefficient (Wildman–Crippen LogP) is 0.328. The molecule has 1 aromatic rings. The SMILES string of the molecule is Cc1cc(O)cc(=O)n1CCC(=O)N1CCC[C@](O)(CN2CCOCC2)CC1. The molecule has 3 rings (SSSR count). The molecule has 28 heavy (non-hydrogen) atoms. The summed E-state index contributed by atoms with van der Waals surface area (Å²) in [4.78, 5) is 28.7. The average molecular weight is 393 g/mol. The number of hydrogen-bond acceptors (Lipinski definition) is 6. The van der Waals surface area contributed by atoms with E-state index in [4.69, 9.17) is 4.74 Å². The van der Waals surface area contributed by atoms with Crippen LogP contribution in [0.5, 0.6) is 5.75 Å². The second-order valence-corrected chi connectivity index (χ2v) is 7.94. The van der Waals surface area contributed by atoms with Crippen LogP contribution in [0.15, 0.2) is 16.9 Å². The molecule has 3 heterocycles. The van der Waals surface area contributed by atoms with Crippen molar-refractivity contribution in [3.05, 3.63) is 28.2 Å². The highest BCUT2D eigenvalue weighted by Crippen LogP contribution is 2.24. The van der Waals surface area contributed by atoms with Crippen LogP contribution in [0, 0.1) is 6.92 Å². The molecule has 8 nitrogen and oxygen atoms in total. The van der Waals surface area contributed by atoms with E-state index in [0.29, 0.717) is 57.9 Å². The third-order valence-corrected chi connectivity index (χ3v) is 5.76. The molecule has 0 bridgehead atoms. The first-order valence-electron chi connectivity index (χ1n) is 10.1. The van der Waals surface area contributed by atoms with Gasteiger partial charge >= 0.3 is 0 Å². The number of aromatic hydroxyl groups is 1. The number of morpholine rings is 1. The number of β-amino-alcohol motifs (C(OH)–C–C–N with tert-alkyl or cyclic N) is 1. The van der Waals surface area contributed by atoms with Crippen LogP contribution in [0.2, 0.25) is 0 Å². The maximum absolute atomic E-state index is 12.7. The number of aromatic nitrogens is 1. The molecule has 0 spiro atoms. The molecule has 156 valence electrons. The van der Waals surface area contributed by atoms with Crippen molar-refractivity contribution in [1.29, 1.82) is 0 Å². The molecule has 1 amide bonds. The molecule has 0 unspecified atom stereocenters. The lowest BCUT2D eigenvalue weighted by Crippen LogP contribution is -2.48. The number of carbonyl (C=O) groups is 1. The monoisotopic (exact) mass is 393 g/mol. The summed E-state index contributed by atoms with van der Waals surface area (Å²) in [5, 5.41) is 20.5. The Bertz CT molecular complexity index is 744. The van der Waals surface area contributed by atoms with Gasteiger partial charge in [-0.1, -0.05) is 0 Å². The quantitative estimate of drug-likeness (QED) is 0.749. The molecule has 2 N–H and O–H groups in total. The number of nitrogens with zero attached hydrogens (tertiary/aromatic N) is 3. The van der Waals surface area contributed by atoms with E-state index in [2.05, 4.69) is 4.90 Å². The lowest BCUT2D eigenvalue weighted by atomic mass is 9.94. The van der Waals surface area contributed by atoms with Gasteiger partial charge in [0.15, 0.2) is 0 Å². The first-order valence-corrected chi connectivity index (χ1v) is 10.1. The molecule has 0 aliphatic carbocycles. The summed E-state index contributed by atoms with van der Waals surface area (Å²) in [5.41, 5.74) is -0.439. The lowest BCUT2D eigenvalue weighted by molar-refractivity contribution is -0.131. The maximum atomic E-state index is 12.7. The third kappa shape index (κ3) is 5.33. The number of aryl methyl sites for hydroxylation is 1. The highest BCUT2D eigenvalue weighted by molar-refractivity contribution is 5.76. The molecule has 0 aromatic carbocycles. The summed E-state index contributed by atoms with van der Waals surface area (Å²) < 4.78 is 6.87. The summed E-state index contributed by atoms with van der Waals surface area (Å²) in [6, 6.07) is 2.68. The molecule has 1 aromatic heterocycles. The molecular weight excluding hydrogens is 362 g/mol. The highest BCUT2D eigenvalue weighted by Gasteiger charge is 2.33. The van der Waals surface area contributed by atoms with Gasteiger partial charge in [-0.15, -0.1) is 0 Å². The third-order valence-electron chi connectivity index (χ3n) is 5.76. The van der Waals surface area contributed by atoms with E-state index < -0.39 is 5.60 Å². The molecule has 0 radical (unpaired) electrons. The smallest absolute Gasteiger partial charge is 0.254 e. The molecule has 0 saturated carbocycles. The summed E-state index contributed by atoms with van der Waals surface area (Å²) in [6.07, 6.45) is 2.25. The summed E-state index contributed by atoms with van der Waals surface area (Å²) >= 11 is 0. The summed E-state index contributed by atoms with van der Waals surface area (Å²) in [7, 11) is 0. The zero-order valence-corrected chi connectivity index (χ0v) is 16.6. The second-order valence-electron chi connectivity index (χ2n) is 7.94. The van der Waals surface area contributed by atoms with Gasteiger partial charge in [-0.25, -0.2) is 0 Å². The minimum atomic E-state index is -0.767. The van der Waals surface area contributed by atoms with Crippen molar-refractivity contribution in [2.24, 2.45) is 0 Å². The van der Waals surface area contributed by atoms with Crippen molar-refractivity contribution in [3.8, 4) is 5.75 Å². The number of carbonyl (C=O) groups excluding carboxylic acids is 1. The van der Waals surface area contributed by atoms with Crippen LogP contribution in [0.3, 0.4) is 0 Å². The van der Waals surface area contributed by atoms with E-state index in [1.807, 2.05) is 0 Å². The molecule has 2 fully saturated rings. The Hall–Kier alpha value is -1.90. The Morgan fingerprint density at radius 3 is 2.64 bits per heavy atom. The summed E-state index contributed by atoms with van der Waals surface area (Å²) in [6.45, 7) is 6.91.